The van der Waals surface area contributed by atoms with Gasteiger partial charge in [-0.05, 0) is 25.0 Å². The van der Waals surface area contributed by atoms with Crippen LogP contribution in [-0.4, -0.2) is 35.5 Å². The predicted molar refractivity (Wildman–Crippen MR) is 92.7 cm³/mol. The second-order valence-corrected chi connectivity index (χ2v) is 6.47. The van der Waals surface area contributed by atoms with Crippen LogP contribution in [0.5, 0.6) is 0 Å². The Morgan fingerprint density at radius 1 is 0.909 bits per heavy atom. The minimum absolute atomic E-state index is 0.484. The van der Waals surface area contributed by atoms with Gasteiger partial charge in [-0.15, -0.1) is 0 Å². The molecule has 116 valence electrons. The lowest BCUT2D eigenvalue weighted by molar-refractivity contribution is 0.0506. The Bertz CT molecular complexity index is 565. The summed E-state index contributed by atoms with van der Waals surface area (Å²) in [5.41, 5.74) is 2.84. The molecule has 2 nitrogen and oxygen atoms in total. The molecule has 1 heterocycles. The number of nitrogens with zero attached hydrogens (tertiary/aromatic N) is 2. The van der Waals surface area contributed by atoms with Gasteiger partial charge in [-0.2, -0.15) is 0 Å². The maximum absolute atomic E-state index is 2.63. The summed E-state index contributed by atoms with van der Waals surface area (Å²) in [6.45, 7) is 9.05. The van der Waals surface area contributed by atoms with Gasteiger partial charge in [-0.1, -0.05) is 60.7 Å². The Morgan fingerprint density at radius 2 is 1.55 bits per heavy atom. The highest BCUT2D eigenvalue weighted by atomic mass is 15.3. The van der Waals surface area contributed by atoms with E-state index in [4.69, 9.17) is 0 Å². The third kappa shape index (κ3) is 3.57. The first-order chi connectivity index (χ1) is 10.7. The standard InChI is InChI=1S/C20H26N2/c1-17(2)21-13-14-22(15-18-9-5-3-6-10-18)20(16-21)19-11-7-4-8-12-19/h3-12,17,20H,13-16H2,1-2H3. The van der Waals surface area contributed by atoms with Crippen molar-refractivity contribution in [1.29, 1.82) is 0 Å². The van der Waals surface area contributed by atoms with E-state index >= 15 is 0 Å². The minimum atomic E-state index is 0.484. The zero-order valence-corrected chi connectivity index (χ0v) is 13.7. The van der Waals surface area contributed by atoms with E-state index in [9.17, 15) is 0 Å². The van der Waals surface area contributed by atoms with Crippen molar-refractivity contribution in [2.24, 2.45) is 0 Å². The van der Waals surface area contributed by atoms with Gasteiger partial charge in [0.1, 0.15) is 0 Å². The fraction of sp³-hybridized carbons (Fsp3) is 0.400. The summed E-state index contributed by atoms with van der Waals surface area (Å²) >= 11 is 0. The fourth-order valence-electron chi connectivity index (χ4n) is 3.31. The summed E-state index contributed by atoms with van der Waals surface area (Å²) < 4.78 is 0. The van der Waals surface area contributed by atoms with Crippen LogP contribution in [0, 0.1) is 0 Å². The van der Waals surface area contributed by atoms with Crippen LogP contribution in [0.15, 0.2) is 60.7 Å². The summed E-state index contributed by atoms with van der Waals surface area (Å²) in [6, 6.07) is 22.9. The van der Waals surface area contributed by atoms with Crippen molar-refractivity contribution in [3.05, 3.63) is 71.8 Å². The monoisotopic (exact) mass is 294 g/mol. The second kappa shape index (κ2) is 7.08. The SMILES string of the molecule is CC(C)N1CCN(Cc2ccccc2)C(c2ccccc2)C1. The van der Waals surface area contributed by atoms with Crippen LogP contribution in [0.4, 0.5) is 0 Å². The average molecular weight is 294 g/mol. The molecule has 0 amide bonds. The lowest BCUT2D eigenvalue weighted by Crippen LogP contribution is -2.50. The molecule has 3 rings (SSSR count). The predicted octanol–water partition coefficient (Wildman–Crippen LogP) is 3.95. The van der Waals surface area contributed by atoms with Crippen molar-refractivity contribution in [3.63, 3.8) is 0 Å². The normalized spacial score (nSPS) is 20.4. The van der Waals surface area contributed by atoms with Gasteiger partial charge in [-0.3, -0.25) is 9.80 Å². The smallest absolute Gasteiger partial charge is 0.0479 e. The highest BCUT2D eigenvalue weighted by Gasteiger charge is 2.29. The van der Waals surface area contributed by atoms with Crippen molar-refractivity contribution < 1.29 is 0 Å². The molecule has 22 heavy (non-hydrogen) atoms. The van der Waals surface area contributed by atoms with Gasteiger partial charge >= 0.3 is 0 Å². The maximum Gasteiger partial charge on any atom is 0.0479 e. The van der Waals surface area contributed by atoms with E-state index in [1.165, 1.54) is 11.1 Å². The molecule has 1 fully saturated rings. The van der Waals surface area contributed by atoms with Crippen molar-refractivity contribution in [3.8, 4) is 0 Å². The van der Waals surface area contributed by atoms with Crippen LogP contribution in [0.25, 0.3) is 0 Å². The number of hydrogen-bond donors (Lipinski definition) is 0. The van der Waals surface area contributed by atoms with Crippen LogP contribution in [-0.2, 0) is 6.54 Å². The number of rotatable bonds is 4. The first-order valence-electron chi connectivity index (χ1n) is 8.31. The zero-order valence-electron chi connectivity index (χ0n) is 13.7. The molecule has 1 aliphatic rings. The molecule has 2 aromatic carbocycles. The van der Waals surface area contributed by atoms with E-state index in [0.717, 1.165) is 26.2 Å². The molecule has 0 saturated carbocycles. The second-order valence-electron chi connectivity index (χ2n) is 6.47. The van der Waals surface area contributed by atoms with E-state index in [0.29, 0.717) is 12.1 Å². The minimum Gasteiger partial charge on any atom is -0.298 e. The van der Waals surface area contributed by atoms with E-state index in [-0.39, 0.29) is 0 Å². The Labute approximate surface area is 134 Å². The van der Waals surface area contributed by atoms with E-state index in [1.54, 1.807) is 0 Å². The third-order valence-corrected chi connectivity index (χ3v) is 4.67. The Hall–Kier alpha value is -1.64. The lowest BCUT2D eigenvalue weighted by atomic mass is 10.0. The van der Waals surface area contributed by atoms with Gasteiger partial charge in [0, 0.05) is 38.3 Å². The van der Waals surface area contributed by atoms with E-state index < -0.39 is 0 Å². The number of piperazine rings is 1. The topological polar surface area (TPSA) is 6.48 Å². The van der Waals surface area contributed by atoms with Crippen LogP contribution in [0.1, 0.15) is 31.0 Å². The van der Waals surface area contributed by atoms with E-state index in [1.807, 2.05) is 0 Å². The van der Waals surface area contributed by atoms with Crippen molar-refractivity contribution in [2.45, 2.75) is 32.5 Å². The Kier molecular flexibility index (Phi) is 4.91. The molecule has 2 aromatic rings. The molecule has 0 aromatic heterocycles. The van der Waals surface area contributed by atoms with Gasteiger partial charge in [0.15, 0.2) is 0 Å². The van der Waals surface area contributed by atoms with Crippen molar-refractivity contribution in [1.82, 2.24) is 9.80 Å². The van der Waals surface area contributed by atoms with Crippen LogP contribution < -0.4 is 0 Å². The highest BCUT2D eigenvalue weighted by Crippen LogP contribution is 2.27. The Balaban J connectivity index is 1.81. The quantitative estimate of drug-likeness (QED) is 0.842. The van der Waals surface area contributed by atoms with Crippen LogP contribution in [0.2, 0.25) is 0 Å². The van der Waals surface area contributed by atoms with Gasteiger partial charge < -0.3 is 0 Å². The number of hydrogen-bond acceptors (Lipinski definition) is 2. The molecule has 0 spiro atoms. The molecule has 2 heteroatoms. The molecule has 0 N–H and O–H groups in total. The molecular formula is C20H26N2. The molecule has 1 atom stereocenters. The van der Waals surface area contributed by atoms with Crippen LogP contribution in [0.3, 0.4) is 0 Å². The van der Waals surface area contributed by atoms with Crippen molar-refractivity contribution >= 4 is 0 Å². The van der Waals surface area contributed by atoms with Gasteiger partial charge in [0.2, 0.25) is 0 Å². The Morgan fingerprint density at radius 3 is 2.18 bits per heavy atom. The summed E-state index contributed by atoms with van der Waals surface area (Å²) in [5, 5.41) is 0. The van der Waals surface area contributed by atoms with Gasteiger partial charge in [0.05, 0.1) is 0 Å². The van der Waals surface area contributed by atoms with Crippen LogP contribution >= 0.6 is 0 Å². The molecule has 0 bridgehead atoms. The summed E-state index contributed by atoms with van der Waals surface area (Å²) in [5.74, 6) is 0. The van der Waals surface area contributed by atoms with E-state index in [2.05, 4.69) is 84.3 Å². The zero-order chi connectivity index (χ0) is 15.4. The third-order valence-electron chi connectivity index (χ3n) is 4.67. The van der Waals surface area contributed by atoms with Gasteiger partial charge in [0.25, 0.3) is 0 Å². The maximum atomic E-state index is 2.63. The molecular weight excluding hydrogens is 268 g/mol. The molecule has 1 unspecified atom stereocenters. The van der Waals surface area contributed by atoms with Gasteiger partial charge in [-0.25, -0.2) is 0 Å². The summed E-state index contributed by atoms with van der Waals surface area (Å²) in [7, 11) is 0. The van der Waals surface area contributed by atoms with Crippen molar-refractivity contribution in [2.75, 3.05) is 19.6 Å². The lowest BCUT2D eigenvalue weighted by Gasteiger charge is -2.43. The molecule has 1 saturated heterocycles. The molecule has 0 aliphatic carbocycles. The first kappa shape index (κ1) is 15.3. The number of benzene rings is 2. The summed E-state index contributed by atoms with van der Waals surface area (Å²) in [4.78, 5) is 5.22. The molecule has 1 aliphatic heterocycles. The fourth-order valence-corrected chi connectivity index (χ4v) is 3.31. The molecule has 0 radical (unpaired) electrons. The largest absolute Gasteiger partial charge is 0.298 e. The average Bonchev–Trinajstić information content (AvgIpc) is 2.57. The summed E-state index contributed by atoms with van der Waals surface area (Å²) in [6.07, 6.45) is 0. The first-order valence-corrected chi connectivity index (χ1v) is 8.31. The highest BCUT2D eigenvalue weighted by molar-refractivity contribution is 5.21.